The summed E-state index contributed by atoms with van der Waals surface area (Å²) in [6.07, 6.45) is 2.83. The van der Waals surface area contributed by atoms with Crippen LogP contribution in [0.1, 0.15) is 21.7 Å². The Morgan fingerprint density at radius 3 is 2.77 bits per heavy atom. The molecule has 2 rings (SSSR count). The molecule has 5 nitrogen and oxygen atoms in total. The van der Waals surface area contributed by atoms with E-state index in [0.29, 0.717) is 21.4 Å². The van der Waals surface area contributed by atoms with Crippen LogP contribution in [0.15, 0.2) is 38.9 Å². The number of carbonyl (C=O) groups excluding carboxylic acids is 1. The molecule has 1 N–H and O–H groups in total. The van der Waals surface area contributed by atoms with E-state index in [-0.39, 0.29) is 17.1 Å². The summed E-state index contributed by atoms with van der Waals surface area (Å²) >= 11 is 3.19. The lowest BCUT2D eigenvalue weighted by molar-refractivity contribution is 0.103. The lowest BCUT2D eigenvalue weighted by atomic mass is 10.0. The number of rotatable bonds is 4. The second kappa shape index (κ2) is 6.50. The average Bonchev–Trinajstić information content (AvgIpc) is 2.93. The highest BCUT2D eigenvalue weighted by atomic mass is 79.9. The number of nitriles is 1. The zero-order valence-electron chi connectivity index (χ0n) is 11.9. The van der Waals surface area contributed by atoms with Crippen LogP contribution in [0.25, 0.3) is 6.08 Å². The van der Waals surface area contributed by atoms with Gasteiger partial charge in [0, 0.05) is 0 Å². The van der Waals surface area contributed by atoms with Gasteiger partial charge in [0.15, 0.2) is 11.5 Å². The number of ketones is 1. The SMILES string of the molecule is COc1cc(/C=C(\C#N)C(=O)c2ccoc2C)cc(Br)c1O. The van der Waals surface area contributed by atoms with Gasteiger partial charge in [-0.25, -0.2) is 0 Å². The van der Waals surface area contributed by atoms with Gasteiger partial charge in [-0.15, -0.1) is 0 Å². The van der Waals surface area contributed by atoms with E-state index in [1.807, 2.05) is 6.07 Å². The first-order chi connectivity index (χ1) is 10.5. The third kappa shape index (κ3) is 3.05. The molecule has 0 bridgehead atoms. The number of nitrogens with zero attached hydrogens (tertiary/aromatic N) is 1. The van der Waals surface area contributed by atoms with E-state index in [1.54, 1.807) is 13.0 Å². The summed E-state index contributed by atoms with van der Waals surface area (Å²) in [4.78, 5) is 12.3. The van der Waals surface area contributed by atoms with Crippen molar-refractivity contribution in [1.82, 2.24) is 0 Å². The van der Waals surface area contributed by atoms with Crippen molar-refractivity contribution in [3.05, 3.63) is 51.4 Å². The predicted octanol–water partition coefficient (Wildman–Crippen LogP) is 3.85. The number of hydrogen-bond donors (Lipinski definition) is 1. The summed E-state index contributed by atoms with van der Waals surface area (Å²) in [5.41, 5.74) is 0.856. The fourth-order valence-electron chi connectivity index (χ4n) is 1.91. The summed E-state index contributed by atoms with van der Waals surface area (Å²) < 4.78 is 10.5. The first-order valence-corrected chi connectivity index (χ1v) is 7.04. The fourth-order valence-corrected chi connectivity index (χ4v) is 2.37. The van der Waals surface area contributed by atoms with E-state index in [4.69, 9.17) is 9.15 Å². The Kier molecular flexibility index (Phi) is 4.68. The van der Waals surface area contributed by atoms with E-state index < -0.39 is 5.78 Å². The van der Waals surface area contributed by atoms with Gasteiger partial charge in [-0.1, -0.05) is 0 Å². The van der Waals surface area contributed by atoms with E-state index in [9.17, 15) is 15.2 Å². The smallest absolute Gasteiger partial charge is 0.207 e. The highest BCUT2D eigenvalue weighted by molar-refractivity contribution is 9.10. The van der Waals surface area contributed by atoms with Gasteiger partial charge in [-0.05, 0) is 52.7 Å². The number of benzene rings is 1. The molecule has 0 unspecified atom stereocenters. The molecular formula is C16H12BrNO4. The van der Waals surface area contributed by atoms with Gasteiger partial charge in [0.1, 0.15) is 17.4 Å². The molecule has 1 aromatic carbocycles. The van der Waals surface area contributed by atoms with Crippen LogP contribution in [0.3, 0.4) is 0 Å². The number of Topliss-reactive ketones (excluding diaryl/α,β-unsaturated/α-hetero) is 1. The maximum atomic E-state index is 12.3. The number of aromatic hydroxyl groups is 1. The number of ether oxygens (including phenoxy) is 1. The van der Waals surface area contributed by atoms with E-state index in [1.165, 1.54) is 31.6 Å². The fraction of sp³-hybridized carbons (Fsp3) is 0.125. The van der Waals surface area contributed by atoms with Crippen molar-refractivity contribution in [3.8, 4) is 17.6 Å². The molecule has 0 atom stereocenters. The topological polar surface area (TPSA) is 83.5 Å². The number of furan rings is 1. The zero-order chi connectivity index (χ0) is 16.3. The number of methoxy groups -OCH3 is 1. The largest absolute Gasteiger partial charge is 0.503 e. The molecule has 0 aliphatic carbocycles. The number of hydrogen-bond acceptors (Lipinski definition) is 5. The molecule has 1 heterocycles. The van der Waals surface area contributed by atoms with Crippen LogP contribution in [-0.4, -0.2) is 18.0 Å². The summed E-state index contributed by atoms with van der Waals surface area (Å²) in [6, 6.07) is 6.54. The predicted molar refractivity (Wildman–Crippen MR) is 83.7 cm³/mol. The van der Waals surface area contributed by atoms with Gasteiger partial charge in [0.25, 0.3) is 0 Å². The van der Waals surface area contributed by atoms with Gasteiger partial charge >= 0.3 is 0 Å². The first-order valence-electron chi connectivity index (χ1n) is 6.25. The van der Waals surface area contributed by atoms with Crippen LogP contribution < -0.4 is 4.74 Å². The first kappa shape index (κ1) is 15.9. The van der Waals surface area contributed by atoms with Gasteiger partial charge < -0.3 is 14.3 Å². The molecule has 0 radical (unpaired) electrons. The van der Waals surface area contributed by atoms with Crippen molar-refractivity contribution in [3.63, 3.8) is 0 Å². The zero-order valence-corrected chi connectivity index (χ0v) is 13.5. The number of allylic oxidation sites excluding steroid dienone is 1. The molecule has 0 spiro atoms. The molecule has 6 heteroatoms. The van der Waals surface area contributed by atoms with Gasteiger partial charge in [0.2, 0.25) is 5.78 Å². The van der Waals surface area contributed by atoms with Gasteiger partial charge in [-0.3, -0.25) is 4.79 Å². The minimum atomic E-state index is -0.420. The van der Waals surface area contributed by atoms with Crippen LogP contribution in [-0.2, 0) is 0 Å². The Labute approximate surface area is 135 Å². The van der Waals surface area contributed by atoms with Crippen LogP contribution in [0.5, 0.6) is 11.5 Å². The standard InChI is InChI=1S/C16H12BrNO4/c1-9-12(3-4-22-9)15(19)11(8-18)5-10-6-13(17)16(20)14(7-10)21-2/h3-7,20H,1-2H3/b11-5+. The number of phenols is 1. The molecule has 0 saturated heterocycles. The molecule has 0 saturated carbocycles. The van der Waals surface area contributed by atoms with E-state index in [2.05, 4.69) is 15.9 Å². The van der Waals surface area contributed by atoms with Crippen molar-refractivity contribution in [2.45, 2.75) is 6.92 Å². The Balaban J connectivity index is 2.46. The molecule has 22 heavy (non-hydrogen) atoms. The maximum Gasteiger partial charge on any atom is 0.207 e. The molecule has 0 aliphatic heterocycles. The average molecular weight is 362 g/mol. The van der Waals surface area contributed by atoms with Gasteiger partial charge in [0.05, 0.1) is 23.4 Å². The summed E-state index contributed by atoms with van der Waals surface area (Å²) in [7, 11) is 1.42. The summed E-state index contributed by atoms with van der Waals surface area (Å²) in [6.45, 7) is 1.66. The number of carbonyl (C=O) groups is 1. The van der Waals surface area contributed by atoms with Crippen LogP contribution in [0.4, 0.5) is 0 Å². The van der Waals surface area contributed by atoms with Crippen molar-refractivity contribution < 1.29 is 19.1 Å². The van der Waals surface area contributed by atoms with Crippen LogP contribution in [0.2, 0.25) is 0 Å². The maximum absolute atomic E-state index is 12.3. The third-order valence-corrected chi connectivity index (χ3v) is 3.65. The molecule has 0 fully saturated rings. The summed E-state index contributed by atoms with van der Waals surface area (Å²) in [5.74, 6) is 0.229. The minimum Gasteiger partial charge on any atom is -0.503 e. The normalized spacial score (nSPS) is 11.1. The van der Waals surface area contributed by atoms with Crippen molar-refractivity contribution >= 4 is 27.8 Å². The lowest BCUT2D eigenvalue weighted by Gasteiger charge is -2.07. The Morgan fingerprint density at radius 1 is 1.50 bits per heavy atom. The highest BCUT2D eigenvalue weighted by Crippen LogP contribution is 2.35. The highest BCUT2D eigenvalue weighted by Gasteiger charge is 2.17. The molecular weight excluding hydrogens is 350 g/mol. The molecule has 0 amide bonds. The second-order valence-corrected chi connectivity index (χ2v) is 5.30. The second-order valence-electron chi connectivity index (χ2n) is 4.44. The monoisotopic (exact) mass is 361 g/mol. The molecule has 112 valence electrons. The van der Waals surface area contributed by atoms with Crippen molar-refractivity contribution in [2.24, 2.45) is 0 Å². The summed E-state index contributed by atoms with van der Waals surface area (Å²) in [5, 5.41) is 19.0. The van der Waals surface area contributed by atoms with E-state index >= 15 is 0 Å². The Hall–Kier alpha value is -2.52. The van der Waals surface area contributed by atoms with Crippen molar-refractivity contribution in [1.29, 1.82) is 5.26 Å². The third-order valence-electron chi connectivity index (χ3n) is 3.05. The number of aryl methyl sites for hydroxylation is 1. The lowest BCUT2D eigenvalue weighted by Crippen LogP contribution is -2.02. The molecule has 0 aliphatic rings. The minimum absolute atomic E-state index is 0.0378. The number of halogens is 1. The quantitative estimate of drug-likeness (QED) is 0.507. The molecule has 1 aromatic heterocycles. The van der Waals surface area contributed by atoms with Crippen molar-refractivity contribution in [2.75, 3.05) is 7.11 Å². The Morgan fingerprint density at radius 2 is 2.23 bits per heavy atom. The Bertz CT molecular complexity index is 799. The van der Waals surface area contributed by atoms with Gasteiger partial charge in [-0.2, -0.15) is 5.26 Å². The van der Waals surface area contributed by atoms with Crippen LogP contribution in [0, 0.1) is 18.3 Å². The van der Waals surface area contributed by atoms with E-state index in [0.717, 1.165) is 0 Å². The van der Waals surface area contributed by atoms with Crippen LogP contribution >= 0.6 is 15.9 Å². The molecule has 2 aromatic rings. The number of phenolic OH excluding ortho intramolecular Hbond substituents is 1.